The first kappa shape index (κ1) is 12.7. The number of rotatable bonds is 4. The van der Waals surface area contributed by atoms with Crippen molar-refractivity contribution in [3.8, 4) is 0 Å². The summed E-state index contributed by atoms with van der Waals surface area (Å²) < 4.78 is 13.1. The number of halogens is 2. The topological polar surface area (TPSA) is 29.3 Å². The van der Waals surface area contributed by atoms with E-state index >= 15 is 0 Å². The van der Waals surface area contributed by atoms with Crippen LogP contribution in [0.5, 0.6) is 0 Å². The first-order valence-corrected chi connectivity index (χ1v) is 6.30. The summed E-state index contributed by atoms with van der Waals surface area (Å²) in [5.41, 5.74) is 7.02. The maximum Gasteiger partial charge on any atom is 0.141 e. The van der Waals surface area contributed by atoms with E-state index in [-0.39, 0.29) is 16.3 Å². The molecule has 0 radical (unpaired) electrons. The summed E-state index contributed by atoms with van der Waals surface area (Å²) in [6.45, 7) is 1.62. The molecule has 0 heterocycles. The van der Waals surface area contributed by atoms with Gasteiger partial charge in [-0.05, 0) is 37.6 Å². The average Bonchev–Trinajstić information content (AvgIpc) is 2.27. The van der Waals surface area contributed by atoms with Gasteiger partial charge in [-0.1, -0.05) is 18.0 Å². The highest BCUT2D eigenvalue weighted by Gasteiger charge is 2.36. The maximum atomic E-state index is 13.1. The lowest BCUT2D eigenvalue weighted by atomic mass is 9.68. The molecule has 17 heavy (non-hydrogen) atoms. The second kappa shape index (κ2) is 4.83. The van der Waals surface area contributed by atoms with Gasteiger partial charge >= 0.3 is 0 Å². The normalized spacial score (nSPS) is 17.6. The van der Waals surface area contributed by atoms with Gasteiger partial charge in [0, 0.05) is 24.7 Å². The highest BCUT2D eigenvalue weighted by Crippen LogP contribution is 2.41. The molecule has 1 fully saturated rings. The third-order valence-corrected chi connectivity index (χ3v) is 4.05. The SMILES string of the molecule is CN(CC1(CN)CCC1)c1ccc(F)c(Cl)c1. The minimum Gasteiger partial charge on any atom is -0.374 e. The van der Waals surface area contributed by atoms with Gasteiger partial charge in [-0.15, -0.1) is 0 Å². The monoisotopic (exact) mass is 256 g/mol. The van der Waals surface area contributed by atoms with Gasteiger partial charge in [-0.3, -0.25) is 0 Å². The van der Waals surface area contributed by atoms with Crippen LogP contribution in [0.1, 0.15) is 19.3 Å². The second-order valence-electron chi connectivity index (χ2n) is 5.01. The van der Waals surface area contributed by atoms with Gasteiger partial charge in [-0.2, -0.15) is 0 Å². The highest BCUT2D eigenvalue weighted by molar-refractivity contribution is 6.31. The molecule has 1 saturated carbocycles. The summed E-state index contributed by atoms with van der Waals surface area (Å²) in [5.74, 6) is -0.374. The van der Waals surface area contributed by atoms with E-state index in [9.17, 15) is 4.39 Å². The molecule has 0 unspecified atom stereocenters. The lowest BCUT2D eigenvalue weighted by Gasteiger charge is -2.44. The molecule has 1 aliphatic carbocycles. The molecule has 2 nitrogen and oxygen atoms in total. The summed E-state index contributed by atoms with van der Waals surface area (Å²) in [6.07, 6.45) is 3.63. The largest absolute Gasteiger partial charge is 0.374 e. The molecule has 0 bridgehead atoms. The maximum absolute atomic E-state index is 13.1. The van der Waals surface area contributed by atoms with Gasteiger partial charge in [0.1, 0.15) is 5.82 Å². The number of nitrogens with zero attached hydrogens (tertiary/aromatic N) is 1. The Kier molecular flexibility index (Phi) is 3.59. The fourth-order valence-corrected chi connectivity index (χ4v) is 2.60. The van der Waals surface area contributed by atoms with Crippen LogP contribution in [0.3, 0.4) is 0 Å². The molecule has 0 spiro atoms. The summed E-state index contributed by atoms with van der Waals surface area (Å²) in [5, 5.41) is 0.171. The van der Waals surface area contributed by atoms with Crippen molar-refractivity contribution >= 4 is 17.3 Å². The van der Waals surface area contributed by atoms with E-state index < -0.39 is 0 Å². The van der Waals surface area contributed by atoms with Gasteiger partial charge in [0.05, 0.1) is 5.02 Å². The molecule has 94 valence electrons. The third kappa shape index (κ3) is 2.55. The van der Waals surface area contributed by atoms with Crippen LogP contribution in [0.2, 0.25) is 5.02 Å². The van der Waals surface area contributed by atoms with Crippen molar-refractivity contribution in [3.63, 3.8) is 0 Å². The van der Waals surface area contributed by atoms with Gasteiger partial charge in [0.15, 0.2) is 0 Å². The fraction of sp³-hybridized carbons (Fsp3) is 0.538. The van der Waals surface area contributed by atoms with Crippen LogP contribution in [0.15, 0.2) is 18.2 Å². The summed E-state index contributed by atoms with van der Waals surface area (Å²) in [7, 11) is 2.00. The molecular formula is C13H18ClFN2. The Morgan fingerprint density at radius 2 is 2.18 bits per heavy atom. The Labute approximate surface area is 107 Å². The molecule has 2 rings (SSSR count). The Morgan fingerprint density at radius 1 is 1.47 bits per heavy atom. The first-order valence-electron chi connectivity index (χ1n) is 5.93. The van der Waals surface area contributed by atoms with Crippen molar-refractivity contribution in [2.75, 3.05) is 25.0 Å². The summed E-state index contributed by atoms with van der Waals surface area (Å²) >= 11 is 5.78. The average molecular weight is 257 g/mol. The van der Waals surface area contributed by atoms with Gasteiger partial charge < -0.3 is 10.6 Å². The molecule has 1 aliphatic rings. The zero-order valence-electron chi connectivity index (χ0n) is 10.0. The van der Waals surface area contributed by atoms with Crippen LogP contribution in [-0.2, 0) is 0 Å². The standard InChI is InChI=1S/C13H18ClFN2/c1-17(9-13(8-16)5-2-6-13)10-3-4-12(15)11(14)7-10/h3-4,7H,2,5-6,8-9,16H2,1H3. The van der Waals surface area contributed by atoms with Crippen LogP contribution in [0.4, 0.5) is 10.1 Å². The molecule has 0 aliphatic heterocycles. The molecule has 1 aromatic carbocycles. The van der Waals surface area contributed by atoms with E-state index in [0.29, 0.717) is 6.54 Å². The molecule has 0 amide bonds. The van der Waals surface area contributed by atoms with Gasteiger partial charge in [0.2, 0.25) is 0 Å². The van der Waals surface area contributed by atoms with E-state index in [4.69, 9.17) is 17.3 Å². The number of benzene rings is 1. The minimum atomic E-state index is -0.374. The second-order valence-corrected chi connectivity index (χ2v) is 5.42. The van der Waals surface area contributed by atoms with Gasteiger partial charge in [-0.25, -0.2) is 4.39 Å². The molecule has 4 heteroatoms. The van der Waals surface area contributed by atoms with E-state index in [1.807, 2.05) is 7.05 Å². The Hall–Kier alpha value is -0.800. The van der Waals surface area contributed by atoms with Crippen LogP contribution >= 0.6 is 11.6 Å². The predicted molar refractivity (Wildman–Crippen MR) is 70.0 cm³/mol. The van der Waals surface area contributed by atoms with Crippen LogP contribution in [-0.4, -0.2) is 20.1 Å². The Balaban J connectivity index is 2.08. The van der Waals surface area contributed by atoms with E-state index in [1.54, 1.807) is 12.1 Å². The molecule has 0 aromatic heterocycles. The molecule has 2 N–H and O–H groups in total. The lowest BCUT2D eigenvalue weighted by Crippen LogP contribution is -2.46. The van der Waals surface area contributed by atoms with Crippen molar-refractivity contribution in [1.29, 1.82) is 0 Å². The van der Waals surface area contributed by atoms with Crippen LogP contribution < -0.4 is 10.6 Å². The third-order valence-electron chi connectivity index (χ3n) is 3.76. The first-order chi connectivity index (χ1) is 8.06. The molecule has 0 saturated heterocycles. The highest BCUT2D eigenvalue weighted by atomic mass is 35.5. The number of nitrogens with two attached hydrogens (primary N) is 1. The lowest BCUT2D eigenvalue weighted by molar-refractivity contribution is 0.154. The van der Waals surface area contributed by atoms with Crippen LogP contribution in [0, 0.1) is 11.2 Å². The van der Waals surface area contributed by atoms with E-state index in [2.05, 4.69) is 4.90 Å². The van der Waals surface area contributed by atoms with E-state index in [0.717, 1.165) is 12.2 Å². The Bertz CT molecular complexity index is 399. The van der Waals surface area contributed by atoms with Crippen LogP contribution in [0.25, 0.3) is 0 Å². The zero-order chi connectivity index (χ0) is 12.5. The van der Waals surface area contributed by atoms with E-state index in [1.165, 1.54) is 25.3 Å². The Morgan fingerprint density at radius 3 is 2.65 bits per heavy atom. The molecule has 1 aromatic rings. The predicted octanol–water partition coefficient (Wildman–Crippen LogP) is 3.04. The van der Waals surface area contributed by atoms with Crippen molar-refractivity contribution in [2.45, 2.75) is 19.3 Å². The van der Waals surface area contributed by atoms with Crippen molar-refractivity contribution in [1.82, 2.24) is 0 Å². The summed E-state index contributed by atoms with van der Waals surface area (Å²) in [6, 6.07) is 4.83. The van der Waals surface area contributed by atoms with Gasteiger partial charge in [0.25, 0.3) is 0 Å². The number of anilines is 1. The molecule has 0 atom stereocenters. The van der Waals surface area contributed by atoms with Crippen molar-refractivity contribution in [3.05, 3.63) is 29.0 Å². The zero-order valence-corrected chi connectivity index (χ0v) is 10.8. The van der Waals surface area contributed by atoms with Crippen molar-refractivity contribution in [2.24, 2.45) is 11.1 Å². The minimum absolute atomic E-state index is 0.171. The molecular weight excluding hydrogens is 239 g/mol. The number of hydrogen-bond acceptors (Lipinski definition) is 2. The smallest absolute Gasteiger partial charge is 0.141 e. The fourth-order valence-electron chi connectivity index (χ4n) is 2.42. The number of hydrogen-bond donors (Lipinski definition) is 1. The quantitative estimate of drug-likeness (QED) is 0.897. The summed E-state index contributed by atoms with van der Waals surface area (Å²) in [4.78, 5) is 2.11. The van der Waals surface area contributed by atoms with Crippen molar-refractivity contribution < 1.29 is 4.39 Å².